The maximum absolute atomic E-state index is 11.9. The number of nitrogens with zero attached hydrogens (tertiary/aromatic N) is 1. The van der Waals surface area contributed by atoms with Crippen molar-refractivity contribution in [2.75, 3.05) is 13.1 Å². The Morgan fingerprint density at radius 3 is 2.56 bits per heavy atom. The molecular weight excluding hydrogens is 222 g/mol. The molecule has 3 nitrogen and oxygen atoms in total. The Morgan fingerprint density at radius 1 is 1.50 bits per heavy atom. The molecule has 16 heavy (non-hydrogen) atoms. The highest BCUT2D eigenvalue weighted by atomic mass is 32.1. The van der Waals surface area contributed by atoms with E-state index in [2.05, 4.69) is 0 Å². The topological polar surface area (TPSA) is 40.5 Å². The van der Waals surface area contributed by atoms with E-state index in [9.17, 15) is 9.90 Å². The molecule has 1 saturated heterocycles. The number of aliphatic hydroxyl groups is 1. The van der Waals surface area contributed by atoms with Crippen LogP contribution >= 0.6 is 11.3 Å². The van der Waals surface area contributed by atoms with Gasteiger partial charge in [0.25, 0.3) is 0 Å². The molecule has 4 heteroatoms. The predicted molar refractivity (Wildman–Crippen MR) is 64.3 cm³/mol. The Morgan fingerprint density at radius 2 is 2.12 bits per heavy atom. The van der Waals surface area contributed by atoms with Gasteiger partial charge in [0.05, 0.1) is 13.1 Å². The van der Waals surface area contributed by atoms with Crippen LogP contribution in [0.5, 0.6) is 0 Å². The van der Waals surface area contributed by atoms with Crippen molar-refractivity contribution in [2.45, 2.75) is 26.4 Å². The van der Waals surface area contributed by atoms with Crippen molar-refractivity contribution >= 4 is 17.2 Å². The van der Waals surface area contributed by atoms with E-state index < -0.39 is 5.60 Å². The second-order valence-electron chi connectivity index (χ2n) is 5.45. The van der Waals surface area contributed by atoms with E-state index in [-0.39, 0.29) is 11.3 Å². The van der Waals surface area contributed by atoms with Gasteiger partial charge in [0.15, 0.2) is 0 Å². The number of carbonyl (C=O) groups excluding carboxylic acids is 1. The molecule has 0 aliphatic carbocycles. The Kier molecular flexibility index (Phi) is 2.59. The number of thiophene rings is 1. The molecule has 0 saturated carbocycles. The van der Waals surface area contributed by atoms with Crippen molar-refractivity contribution in [1.29, 1.82) is 0 Å². The summed E-state index contributed by atoms with van der Waals surface area (Å²) in [5.41, 5.74) is -0.257. The number of β-amino-alcohol motifs (C(OH)–C–C–N with tert-alkyl or cyclic N) is 1. The van der Waals surface area contributed by atoms with E-state index in [0.717, 1.165) is 5.56 Å². The van der Waals surface area contributed by atoms with E-state index in [1.807, 2.05) is 37.6 Å². The molecule has 0 bridgehead atoms. The van der Waals surface area contributed by atoms with Crippen LogP contribution < -0.4 is 0 Å². The van der Waals surface area contributed by atoms with Crippen LogP contribution in [0, 0.1) is 5.41 Å². The number of rotatable bonds is 1. The number of hydrogen-bond acceptors (Lipinski definition) is 3. The monoisotopic (exact) mass is 239 g/mol. The molecule has 1 amide bonds. The van der Waals surface area contributed by atoms with Gasteiger partial charge in [0.2, 0.25) is 5.91 Å². The third-order valence-electron chi connectivity index (χ3n) is 2.89. The first-order valence-corrected chi connectivity index (χ1v) is 6.32. The zero-order chi connectivity index (χ0) is 12.0. The fraction of sp³-hybridized carbons (Fsp3) is 0.583. The fourth-order valence-electron chi connectivity index (χ4n) is 1.91. The summed E-state index contributed by atoms with van der Waals surface area (Å²) < 4.78 is 0. The highest BCUT2D eigenvalue weighted by Gasteiger charge is 2.47. The van der Waals surface area contributed by atoms with E-state index >= 15 is 0 Å². The molecule has 1 aromatic rings. The second-order valence-corrected chi connectivity index (χ2v) is 6.23. The summed E-state index contributed by atoms with van der Waals surface area (Å²) >= 11 is 1.57. The van der Waals surface area contributed by atoms with Crippen molar-refractivity contribution < 1.29 is 9.90 Å². The molecule has 1 aliphatic rings. The molecule has 88 valence electrons. The molecule has 0 radical (unpaired) electrons. The average Bonchev–Trinajstić information content (AvgIpc) is 2.63. The zero-order valence-corrected chi connectivity index (χ0v) is 10.7. The standard InChI is InChI=1S/C12H17NO2S/c1-11(2,3)10(14)13-7-12(15,8-13)9-4-5-16-6-9/h4-6,15H,7-8H2,1-3H3. The lowest BCUT2D eigenvalue weighted by Crippen LogP contribution is -2.63. The Labute approximate surface area is 99.7 Å². The summed E-state index contributed by atoms with van der Waals surface area (Å²) in [5.74, 6) is 0.104. The second kappa shape index (κ2) is 3.57. The first kappa shape index (κ1) is 11.6. The van der Waals surface area contributed by atoms with Crippen molar-refractivity contribution in [3.05, 3.63) is 22.4 Å². The summed E-state index contributed by atoms with van der Waals surface area (Å²) in [6, 6.07) is 1.92. The van der Waals surface area contributed by atoms with Crippen molar-refractivity contribution in [3.63, 3.8) is 0 Å². The summed E-state index contributed by atoms with van der Waals surface area (Å²) in [6.45, 7) is 6.53. The minimum absolute atomic E-state index is 0.104. The van der Waals surface area contributed by atoms with E-state index in [0.29, 0.717) is 13.1 Å². The van der Waals surface area contributed by atoms with E-state index in [1.54, 1.807) is 16.2 Å². The summed E-state index contributed by atoms with van der Waals surface area (Å²) in [5, 5.41) is 14.2. The minimum atomic E-state index is -0.819. The lowest BCUT2D eigenvalue weighted by molar-refractivity contribution is -0.165. The van der Waals surface area contributed by atoms with Gasteiger partial charge >= 0.3 is 0 Å². The molecule has 2 heterocycles. The van der Waals surface area contributed by atoms with Gasteiger partial charge in [-0.3, -0.25) is 4.79 Å². The van der Waals surface area contributed by atoms with Crippen LogP contribution in [0.25, 0.3) is 0 Å². The van der Waals surface area contributed by atoms with Crippen LogP contribution in [0.15, 0.2) is 16.8 Å². The van der Waals surface area contributed by atoms with Crippen molar-refractivity contribution in [2.24, 2.45) is 5.41 Å². The smallest absolute Gasteiger partial charge is 0.228 e. The molecular formula is C12H17NO2S. The fourth-order valence-corrected chi connectivity index (χ4v) is 2.66. The summed E-state index contributed by atoms with van der Waals surface area (Å²) in [7, 11) is 0. The number of likely N-dealkylation sites (tertiary alicyclic amines) is 1. The molecule has 1 N–H and O–H groups in total. The normalized spacial score (nSPS) is 19.4. The van der Waals surface area contributed by atoms with Gasteiger partial charge in [-0.25, -0.2) is 0 Å². The van der Waals surface area contributed by atoms with Crippen molar-refractivity contribution in [1.82, 2.24) is 4.90 Å². The van der Waals surface area contributed by atoms with Crippen LogP contribution in [0.4, 0.5) is 0 Å². The predicted octanol–water partition coefficient (Wildman–Crippen LogP) is 1.82. The first-order valence-electron chi connectivity index (χ1n) is 5.37. The maximum Gasteiger partial charge on any atom is 0.228 e. The maximum atomic E-state index is 11.9. The lowest BCUT2D eigenvalue weighted by atomic mass is 9.84. The Balaban J connectivity index is 2.03. The van der Waals surface area contributed by atoms with E-state index in [1.165, 1.54) is 0 Å². The highest BCUT2D eigenvalue weighted by Crippen LogP contribution is 2.35. The van der Waals surface area contributed by atoms with Gasteiger partial charge in [-0.2, -0.15) is 11.3 Å². The molecule has 0 atom stereocenters. The Bertz CT molecular complexity index is 386. The van der Waals surface area contributed by atoms with Gasteiger partial charge < -0.3 is 10.0 Å². The molecule has 0 unspecified atom stereocenters. The molecule has 0 spiro atoms. The van der Waals surface area contributed by atoms with Gasteiger partial charge in [-0.15, -0.1) is 0 Å². The van der Waals surface area contributed by atoms with Gasteiger partial charge in [-0.05, 0) is 22.4 Å². The Hall–Kier alpha value is -0.870. The number of carbonyl (C=O) groups is 1. The minimum Gasteiger partial charge on any atom is -0.381 e. The van der Waals surface area contributed by atoms with Gasteiger partial charge in [0.1, 0.15) is 5.60 Å². The third-order valence-corrected chi connectivity index (χ3v) is 3.58. The number of hydrogen-bond donors (Lipinski definition) is 1. The first-order chi connectivity index (χ1) is 7.33. The summed E-state index contributed by atoms with van der Waals surface area (Å²) in [4.78, 5) is 13.6. The molecule has 1 aliphatic heterocycles. The quantitative estimate of drug-likeness (QED) is 0.812. The van der Waals surface area contributed by atoms with Crippen LogP contribution in [0.2, 0.25) is 0 Å². The van der Waals surface area contributed by atoms with Crippen LogP contribution in [-0.4, -0.2) is 29.0 Å². The third kappa shape index (κ3) is 1.87. The molecule has 0 aromatic carbocycles. The molecule has 2 rings (SSSR count). The van der Waals surface area contributed by atoms with Gasteiger partial charge in [0, 0.05) is 5.41 Å². The highest BCUT2D eigenvalue weighted by molar-refractivity contribution is 7.08. The molecule has 1 aromatic heterocycles. The van der Waals surface area contributed by atoms with E-state index in [4.69, 9.17) is 0 Å². The SMILES string of the molecule is CC(C)(C)C(=O)N1CC(O)(c2ccsc2)C1. The van der Waals surface area contributed by atoms with Crippen LogP contribution in [-0.2, 0) is 10.4 Å². The van der Waals surface area contributed by atoms with Gasteiger partial charge in [-0.1, -0.05) is 20.8 Å². The molecule has 1 fully saturated rings. The largest absolute Gasteiger partial charge is 0.381 e. The number of amides is 1. The lowest BCUT2D eigenvalue weighted by Gasteiger charge is -2.48. The van der Waals surface area contributed by atoms with Crippen molar-refractivity contribution in [3.8, 4) is 0 Å². The van der Waals surface area contributed by atoms with Crippen LogP contribution in [0.3, 0.4) is 0 Å². The average molecular weight is 239 g/mol. The van der Waals surface area contributed by atoms with Crippen LogP contribution in [0.1, 0.15) is 26.3 Å². The zero-order valence-electron chi connectivity index (χ0n) is 9.86. The summed E-state index contributed by atoms with van der Waals surface area (Å²) in [6.07, 6.45) is 0.